The molecule has 0 bridgehead atoms. The van der Waals surface area contributed by atoms with E-state index >= 15 is 0 Å². The summed E-state index contributed by atoms with van der Waals surface area (Å²) >= 11 is 6.09. The first kappa shape index (κ1) is 18.1. The van der Waals surface area contributed by atoms with Crippen molar-refractivity contribution in [2.24, 2.45) is 0 Å². The molecule has 0 radical (unpaired) electrons. The van der Waals surface area contributed by atoms with Crippen LogP contribution in [0.3, 0.4) is 0 Å². The molecule has 5 nitrogen and oxygen atoms in total. The summed E-state index contributed by atoms with van der Waals surface area (Å²) in [5.41, 5.74) is 5.34. The lowest BCUT2D eigenvalue weighted by atomic mass is 10.1. The zero-order chi connectivity index (χ0) is 19.8. The van der Waals surface area contributed by atoms with E-state index in [0.29, 0.717) is 5.56 Å². The molecule has 5 rings (SSSR count). The Morgan fingerprint density at radius 1 is 0.966 bits per heavy atom. The molecule has 29 heavy (non-hydrogen) atoms. The number of hydrogen-bond donors (Lipinski definition) is 2. The Labute approximate surface area is 174 Å². The zero-order valence-corrected chi connectivity index (χ0v) is 16.8. The highest BCUT2D eigenvalue weighted by molar-refractivity contribution is 6.31. The van der Waals surface area contributed by atoms with E-state index in [1.807, 2.05) is 30.5 Å². The third-order valence-corrected chi connectivity index (χ3v) is 6.15. The van der Waals surface area contributed by atoms with Crippen molar-refractivity contribution in [3.63, 3.8) is 0 Å². The van der Waals surface area contributed by atoms with Crippen molar-refractivity contribution in [2.45, 2.75) is 6.42 Å². The van der Waals surface area contributed by atoms with Crippen molar-refractivity contribution in [1.82, 2.24) is 14.9 Å². The highest BCUT2D eigenvalue weighted by Crippen LogP contribution is 2.29. The van der Waals surface area contributed by atoms with Gasteiger partial charge in [-0.2, -0.15) is 5.26 Å². The summed E-state index contributed by atoms with van der Waals surface area (Å²) in [5, 5.41) is 12.6. The van der Waals surface area contributed by atoms with E-state index in [-0.39, 0.29) is 0 Å². The number of fused-ring (bicyclic) bond motifs is 2. The monoisotopic (exact) mass is 403 g/mol. The van der Waals surface area contributed by atoms with E-state index in [0.717, 1.165) is 60.9 Å². The van der Waals surface area contributed by atoms with Crippen LogP contribution in [0.1, 0.15) is 11.1 Å². The predicted molar refractivity (Wildman–Crippen MR) is 119 cm³/mol. The number of nitrogens with one attached hydrogen (secondary N) is 2. The van der Waals surface area contributed by atoms with Crippen LogP contribution in [0, 0.1) is 11.3 Å². The molecule has 2 aromatic heterocycles. The Morgan fingerprint density at radius 2 is 1.79 bits per heavy atom. The van der Waals surface area contributed by atoms with Crippen LogP contribution in [0.5, 0.6) is 0 Å². The molecule has 0 unspecified atom stereocenters. The van der Waals surface area contributed by atoms with Gasteiger partial charge in [0.25, 0.3) is 0 Å². The van der Waals surface area contributed by atoms with Crippen LogP contribution in [-0.4, -0.2) is 47.6 Å². The fraction of sp³-hybridized carbons (Fsp3) is 0.261. The Balaban J connectivity index is 1.25. The highest BCUT2D eigenvalue weighted by atomic mass is 35.5. The number of nitriles is 1. The molecule has 0 saturated carbocycles. The first-order chi connectivity index (χ1) is 14.2. The van der Waals surface area contributed by atoms with Gasteiger partial charge >= 0.3 is 0 Å². The van der Waals surface area contributed by atoms with Crippen molar-refractivity contribution < 1.29 is 0 Å². The number of nitrogens with zero attached hydrogens (tertiary/aromatic N) is 3. The summed E-state index contributed by atoms with van der Waals surface area (Å²) in [6, 6.07) is 14.4. The summed E-state index contributed by atoms with van der Waals surface area (Å²) in [6.07, 6.45) is 5.07. The smallest absolute Gasteiger partial charge is 0.0993 e. The van der Waals surface area contributed by atoms with Crippen LogP contribution >= 0.6 is 11.6 Å². The first-order valence-corrected chi connectivity index (χ1v) is 10.3. The minimum atomic E-state index is 0.705. The van der Waals surface area contributed by atoms with Gasteiger partial charge in [-0.05, 0) is 42.3 Å². The molecular formula is C23H22ClN5. The number of hydrogen-bond acceptors (Lipinski definition) is 3. The summed E-state index contributed by atoms with van der Waals surface area (Å²) in [4.78, 5) is 11.5. The molecule has 0 amide bonds. The van der Waals surface area contributed by atoms with E-state index in [1.165, 1.54) is 16.3 Å². The van der Waals surface area contributed by atoms with Crippen LogP contribution in [0.2, 0.25) is 5.02 Å². The summed E-state index contributed by atoms with van der Waals surface area (Å²) < 4.78 is 0. The summed E-state index contributed by atoms with van der Waals surface area (Å²) in [5.74, 6) is 0. The molecule has 1 aliphatic rings. The molecular weight excluding hydrogens is 382 g/mol. The molecule has 1 saturated heterocycles. The molecule has 0 aliphatic carbocycles. The highest BCUT2D eigenvalue weighted by Gasteiger charge is 2.20. The minimum Gasteiger partial charge on any atom is -0.368 e. The number of benzene rings is 2. The number of rotatable bonds is 4. The summed E-state index contributed by atoms with van der Waals surface area (Å²) in [7, 11) is 0. The first-order valence-electron chi connectivity index (χ1n) is 9.95. The van der Waals surface area contributed by atoms with Gasteiger partial charge in [-0.25, -0.2) is 0 Å². The van der Waals surface area contributed by atoms with E-state index in [4.69, 9.17) is 11.6 Å². The molecule has 3 heterocycles. The normalized spacial score (nSPS) is 15.2. The van der Waals surface area contributed by atoms with Gasteiger partial charge in [0.1, 0.15) is 0 Å². The number of piperazine rings is 1. The second-order valence-corrected chi connectivity index (χ2v) is 8.07. The maximum absolute atomic E-state index is 9.35. The lowest BCUT2D eigenvalue weighted by Gasteiger charge is -2.36. The lowest BCUT2D eigenvalue weighted by molar-refractivity contribution is 0.261. The largest absolute Gasteiger partial charge is 0.368 e. The lowest BCUT2D eigenvalue weighted by Crippen LogP contribution is -2.47. The van der Waals surface area contributed by atoms with Crippen molar-refractivity contribution in [3.05, 3.63) is 64.9 Å². The summed E-state index contributed by atoms with van der Waals surface area (Å²) in [6.45, 7) is 5.03. The van der Waals surface area contributed by atoms with E-state index in [2.05, 4.69) is 44.2 Å². The second kappa shape index (κ2) is 7.47. The molecule has 2 N–H and O–H groups in total. The molecule has 1 fully saturated rings. The Kier molecular flexibility index (Phi) is 4.67. The third kappa shape index (κ3) is 3.46. The maximum atomic E-state index is 9.35. The maximum Gasteiger partial charge on any atom is 0.0993 e. The third-order valence-electron chi connectivity index (χ3n) is 5.92. The van der Waals surface area contributed by atoms with Crippen LogP contribution in [0.15, 0.2) is 48.8 Å². The van der Waals surface area contributed by atoms with Crippen molar-refractivity contribution in [3.8, 4) is 6.07 Å². The van der Waals surface area contributed by atoms with Crippen LogP contribution in [0.4, 0.5) is 5.69 Å². The number of aromatic amines is 2. The van der Waals surface area contributed by atoms with E-state index < -0.39 is 0 Å². The fourth-order valence-electron chi connectivity index (χ4n) is 4.33. The molecule has 0 atom stereocenters. The average Bonchev–Trinajstić information content (AvgIpc) is 3.38. The Bertz CT molecular complexity index is 1210. The van der Waals surface area contributed by atoms with Gasteiger partial charge in [0.2, 0.25) is 0 Å². The molecule has 2 aromatic carbocycles. The van der Waals surface area contributed by atoms with Gasteiger partial charge in [-0.15, -0.1) is 0 Å². The van der Waals surface area contributed by atoms with Gasteiger partial charge < -0.3 is 14.9 Å². The second-order valence-electron chi connectivity index (χ2n) is 7.63. The molecule has 146 valence electrons. The fourth-order valence-corrected chi connectivity index (χ4v) is 4.50. The van der Waals surface area contributed by atoms with E-state index in [9.17, 15) is 5.26 Å². The van der Waals surface area contributed by atoms with Gasteiger partial charge in [0.15, 0.2) is 0 Å². The van der Waals surface area contributed by atoms with Crippen molar-refractivity contribution in [1.29, 1.82) is 5.26 Å². The van der Waals surface area contributed by atoms with Crippen LogP contribution < -0.4 is 4.90 Å². The number of aromatic nitrogens is 2. The van der Waals surface area contributed by atoms with Crippen LogP contribution in [-0.2, 0) is 6.42 Å². The Hall–Kier alpha value is -2.94. The number of halogens is 1. The van der Waals surface area contributed by atoms with Crippen LogP contribution in [0.25, 0.3) is 21.8 Å². The molecule has 4 aromatic rings. The predicted octanol–water partition coefficient (Wildman–Crippen LogP) is 4.54. The zero-order valence-electron chi connectivity index (χ0n) is 16.1. The molecule has 1 aliphatic heterocycles. The Morgan fingerprint density at radius 3 is 2.62 bits per heavy atom. The number of H-pyrrole nitrogens is 2. The average molecular weight is 404 g/mol. The quantitative estimate of drug-likeness (QED) is 0.526. The van der Waals surface area contributed by atoms with Crippen molar-refractivity contribution >= 4 is 39.1 Å². The van der Waals surface area contributed by atoms with Gasteiger partial charge in [0, 0.05) is 77.6 Å². The van der Waals surface area contributed by atoms with Gasteiger partial charge in [-0.3, -0.25) is 4.90 Å². The van der Waals surface area contributed by atoms with Crippen molar-refractivity contribution in [2.75, 3.05) is 37.6 Å². The minimum absolute atomic E-state index is 0.705. The van der Waals surface area contributed by atoms with Gasteiger partial charge in [0.05, 0.1) is 11.6 Å². The standard InChI is InChI=1S/C23H22ClN5/c24-18-1-2-19-17(15-27-22(19)13-18)4-6-28-7-9-29(10-8-28)23-12-16(14-25)11-21-20(23)3-5-26-21/h1-3,5,11-13,15,26-27H,4,6-10H2. The van der Waals surface area contributed by atoms with E-state index in [1.54, 1.807) is 0 Å². The molecule has 6 heteroatoms. The van der Waals surface area contributed by atoms with Gasteiger partial charge in [-0.1, -0.05) is 17.7 Å². The SMILES string of the molecule is N#Cc1cc(N2CCN(CCc3c[nH]c4cc(Cl)ccc34)CC2)c2cc[nH]c2c1. The topological polar surface area (TPSA) is 61.9 Å². The number of anilines is 1. The molecule has 0 spiro atoms.